The van der Waals surface area contributed by atoms with Crippen LogP contribution >= 0.6 is 69.6 Å². The van der Waals surface area contributed by atoms with Crippen LogP contribution in [0.25, 0.3) is 0 Å². The number of carboxylic acids is 1. The number of hydrogen-bond acceptors (Lipinski definition) is 4. The van der Waals surface area contributed by atoms with Crippen molar-refractivity contribution in [2.45, 2.75) is 14.1 Å². The highest BCUT2D eigenvalue weighted by Crippen LogP contribution is 2.76. The lowest BCUT2D eigenvalue weighted by Crippen LogP contribution is -2.47. The molecule has 1 aromatic carbocycles. The highest BCUT2D eigenvalue weighted by atomic mass is 35.5. The van der Waals surface area contributed by atoms with Crippen LogP contribution in [-0.4, -0.2) is 36.0 Å². The quantitative estimate of drug-likeness (QED) is 0.348. The number of amides is 1. The first-order valence-corrected chi connectivity index (χ1v) is 9.68. The number of benzene rings is 1. The molecule has 2 N–H and O–H groups in total. The van der Waals surface area contributed by atoms with Crippen LogP contribution in [0.4, 0.5) is 11.4 Å². The molecule has 0 unspecified atom stereocenters. The topological polar surface area (TPSA) is 110 Å². The maximum Gasteiger partial charge on any atom is 0.309 e. The lowest BCUT2D eigenvalue weighted by atomic mass is 9.81. The van der Waals surface area contributed by atoms with E-state index in [4.69, 9.17) is 69.6 Å². The van der Waals surface area contributed by atoms with Gasteiger partial charge in [0.05, 0.1) is 26.8 Å². The van der Waals surface area contributed by atoms with Crippen molar-refractivity contribution in [1.29, 1.82) is 0 Å². The molecule has 0 heterocycles. The molecule has 0 spiro atoms. The fraction of sp³-hybridized carbons (Fsp3) is 0.333. The van der Waals surface area contributed by atoms with Crippen molar-refractivity contribution in [3.8, 4) is 0 Å². The van der Waals surface area contributed by atoms with Crippen LogP contribution in [0.3, 0.4) is 0 Å². The van der Waals surface area contributed by atoms with E-state index in [2.05, 4.69) is 5.32 Å². The highest BCUT2D eigenvalue weighted by Gasteiger charge is 2.85. The second kappa shape index (κ2) is 6.79. The van der Waals surface area contributed by atoms with E-state index < -0.39 is 42.7 Å². The maximum absolute atomic E-state index is 13.0. The molecule has 2 aliphatic rings. The molecule has 0 radical (unpaired) electrons. The minimum atomic E-state index is -2.23. The van der Waals surface area contributed by atoms with Crippen molar-refractivity contribution in [3.05, 3.63) is 44.4 Å². The van der Waals surface area contributed by atoms with Gasteiger partial charge >= 0.3 is 5.97 Å². The van der Waals surface area contributed by atoms with Crippen LogP contribution in [-0.2, 0) is 9.59 Å². The number of halogens is 6. The molecular weight excluding hydrogens is 501 g/mol. The minimum absolute atomic E-state index is 0.0240. The average Bonchev–Trinajstić information content (AvgIpc) is 2.82. The summed E-state index contributed by atoms with van der Waals surface area (Å²) in [6.07, 6.45) is 0. The largest absolute Gasteiger partial charge is 0.481 e. The predicted octanol–water partition coefficient (Wildman–Crippen LogP) is 4.70. The second-order valence-corrected chi connectivity index (χ2v) is 9.49. The lowest BCUT2D eigenvalue weighted by Gasteiger charge is -2.33. The van der Waals surface area contributed by atoms with Gasteiger partial charge in [-0.05, 0) is 6.07 Å². The molecule has 28 heavy (non-hydrogen) atoms. The highest BCUT2D eigenvalue weighted by molar-refractivity contribution is 6.66. The minimum Gasteiger partial charge on any atom is -0.481 e. The third-order valence-corrected chi connectivity index (χ3v) is 9.07. The van der Waals surface area contributed by atoms with Crippen LogP contribution in [0.15, 0.2) is 34.3 Å². The third-order valence-electron chi connectivity index (χ3n) is 4.81. The fourth-order valence-corrected chi connectivity index (χ4v) is 6.48. The van der Waals surface area contributed by atoms with Crippen LogP contribution in [0.2, 0.25) is 0 Å². The Hall–Kier alpha value is -0.960. The van der Waals surface area contributed by atoms with Crippen molar-refractivity contribution in [2.24, 2.45) is 11.8 Å². The Balaban J connectivity index is 2.08. The number of nitrogens with zero attached hydrogens (tertiary/aromatic N) is 1. The van der Waals surface area contributed by atoms with Gasteiger partial charge in [-0.15, -0.1) is 23.2 Å². The van der Waals surface area contributed by atoms with Gasteiger partial charge < -0.3 is 10.4 Å². The third kappa shape index (κ3) is 2.57. The SMILES string of the molecule is O=C(Nc1cccc([N+](=O)[O-])c1)[C@@H]1[C@H](C(=O)O)[C@@]2(Cl)C(Cl)=C(Cl)[C@@]1(Cl)C2(Cl)Cl. The molecule has 1 amide bonds. The number of nitro benzene ring substituents is 1. The Morgan fingerprint density at radius 1 is 1.07 bits per heavy atom. The van der Waals surface area contributed by atoms with Crippen LogP contribution in [0.5, 0.6) is 0 Å². The van der Waals surface area contributed by atoms with Gasteiger partial charge in [0.15, 0.2) is 4.33 Å². The van der Waals surface area contributed by atoms with Crippen molar-refractivity contribution >= 4 is 92.9 Å². The van der Waals surface area contributed by atoms with Crippen molar-refractivity contribution in [3.63, 3.8) is 0 Å². The van der Waals surface area contributed by atoms with Crippen molar-refractivity contribution < 1.29 is 19.6 Å². The first kappa shape index (κ1) is 21.7. The van der Waals surface area contributed by atoms with Crippen LogP contribution in [0, 0.1) is 22.0 Å². The van der Waals surface area contributed by atoms with Gasteiger partial charge in [-0.2, -0.15) is 0 Å². The zero-order valence-electron chi connectivity index (χ0n) is 13.3. The Morgan fingerprint density at radius 3 is 2.11 bits per heavy atom. The van der Waals surface area contributed by atoms with E-state index in [0.717, 1.165) is 6.07 Å². The standard InChI is InChI=1S/C15H8Cl6N2O5/c16-9-10(17)14(19)8(12(25)26)7(13(9,18)15(14,20)21)11(24)22-5-2-1-3-6(4-5)23(27)28/h1-4,7-8H,(H,22,24)(H,25,26)/t7-,8+,13+,14+/m0/s1. The number of non-ortho nitro benzene ring substituents is 1. The van der Waals surface area contributed by atoms with E-state index in [1.165, 1.54) is 18.2 Å². The summed E-state index contributed by atoms with van der Waals surface area (Å²) >= 11 is 37.8. The number of alkyl halides is 4. The predicted molar refractivity (Wildman–Crippen MR) is 107 cm³/mol. The number of aliphatic carboxylic acids is 1. The number of hydrogen-bond donors (Lipinski definition) is 2. The normalized spacial score (nSPS) is 33.1. The first-order chi connectivity index (χ1) is 12.8. The summed E-state index contributed by atoms with van der Waals surface area (Å²) in [5.74, 6) is -5.83. The monoisotopic (exact) mass is 506 g/mol. The van der Waals surface area contributed by atoms with Gasteiger partial charge in [0, 0.05) is 17.8 Å². The van der Waals surface area contributed by atoms with Gasteiger partial charge in [0.2, 0.25) is 5.91 Å². The molecular formula is C15H8Cl6N2O5. The van der Waals surface area contributed by atoms with E-state index in [1.54, 1.807) is 0 Å². The van der Waals surface area contributed by atoms with Gasteiger partial charge in [-0.3, -0.25) is 19.7 Å². The first-order valence-electron chi connectivity index (χ1n) is 7.41. The number of anilines is 1. The molecule has 0 aliphatic heterocycles. The molecule has 3 rings (SSSR count). The molecule has 0 aromatic heterocycles. The molecule has 13 heteroatoms. The van der Waals surface area contributed by atoms with Crippen LogP contribution in [0.1, 0.15) is 0 Å². The Morgan fingerprint density at radius 2 is 1.61 bits per heavy atom. The van der Waals surface area contributed by atoms with Gasteiger partial charge in [0.25, 0.3) is 5.69 Å². The summed E-state index contributed by atoms with van der Waals surface area (Å²) in [5, 5.41) is 22.3. The number of carbonyl (C=O) groups excluding carboxylic acids is 1. The maximum atomic E-state index is 13.0. The smallest absolute Gasteiger partial charge is 0.309 e. The van der Waals surface area contributed by atoms with Crippen molar-refractivity contribution in [2.75, 3.05) is 5.32 Å². The summed E-state index contributed by atoms with van der Waals surface area (Å²) in [6, 6.07) is 4.99. The van der Waals surface area contributed by atoms with E-state index >= 15 is 0 Å². The summed E-state index contributed by atoms with van der Waals surface area (Å²) in [4.78, 5) is 30.8. The van der Waals surface area contributed by atoms with E-state index in [0.29, 0.717) is 0 Å². The number of nitro groups is 1. The molecule has 2 bridgehead atoms. The fourth-order valence-electron chi connectivity index (χ4n) is 3.54. The molecule has 1 fully saturated rings. The number of carbonyl (C=O) groups is 2. The Kier molecular flexibility index (Phi) is 5.27. The van der Waals surface area contributed by atoms with E-state index in [1.807, 2.05) is 0 Å². The zero-order valence-corrected chi connectivity index (χ0v) is 17.8. The number of nitrogens with one attached hydrogen (secondary N) is 1. The lowest BCUT2D eigenvalue weighted by molar-refractivity contribution is -0.384. The second-order valence-electron chi connectivity index (χ2n) is 6.22. The van der Waals surface area contributed by atoms with Crippen molar-refractivity contribution in [1.82, 2.24) is 0 Å². The number of fused-ring (bicyclic) bond motifs is 2. The van der Waals surface area contributed by atoms with E-state index in [9.17, 15) is 24.8 Å². The summed E-state index contributed by atoms with van der Waals surface area (Å²) in [5.41, 5.74) is -0.268. The Labute approximate surface area is 187 Å². The molecule has 150 valence electrons. The molecule has 2 aliphatic carbocycles. The zero-order chi connectivity index (χ0) is 21.2. The van der Waals surface area contributed by atoms with E-state index in [-0.39, 0.29) is 21.4 Å². The number of rotatable bonds is 4. The molecule has 1 saturated carbocycles. The van der Waals surface area contributed by atoms with Gasteiger partial charge in [-0.1, -0.05) is 52.5 Å². The van der Waals surface area contributed by atoms with Gasteiger partial charge in [0.1, 0.15) is 9.75 Å². The summed E-state index contributed by atoms with van der Waals surface area (Å²) in [7, 11) is 0. The average molecular weight is 509 g/mol. The summed E-state index contributed by atoms with van der Waals surface area (Å²) < 4.78 is -2.23. The molecule has 4 atom stereocenters. The molecule has 0 saturated heterocycles. The van der Waals surface area contributed by atoms with Gasteiger partial charge in [-0.25, -0.2) is 0 Å². The molecule has 7 nitrogen and oxygen atoms in total. The molecule has 1 aromatic rings. The summed E-state index contributed by atoms with van der Waals surface area (Å²) in [6.45, 7) is 0. The van der Waals surface area contributed by atoms with Crippen LogP contribution < -0.4 is 5.32 Å². The Bertz CT molecular complexity index is 953. The number of carboxylic acid groups (broad SMARTS) is 1. The number of allylic oxidation sites excluding steroid dienone is 2.